The molecule has 36 heavy (non-hydrogen) atoms. The minimum atomic E-state index is -3.73. The number of rotatable bonds is 14. The third-order valence-corrected chi connectivity index (χ3v) is 6.65. The second-order valence-corrected chi connectivity index (χ2v) is 10.2. The van der Waals surface area contributed by atoms with Gasteiger partial charge in [0.25, 0.3) is 0 Å². The molecule has 2 heterocycles. The van der Waals surface area contributed by atoms with Gasteiger partial charge in [-0.1, -0.05) is 0 Å². The number of anilines is 1. The van der Waals surface area contributed by atoms with Crippen LogP contribution in [0.1, 0.15) is 13.8 Å². The van der Waals surface area contributed by atoms with Crippen LogP contribution < -0.4 is 25.4 Å². The molecule has 2 unspecified atom stereocenters. The fourth-order valence-electron chi connectivity index (χ4n) is 3.27. The normalized spacial score (nSPS) is 13.9. The van der Waals surface area contributed by atoms with E-state index < -0.39 is 13.6 Å². The second-order valence-electron chi connectivity index (χ2n) is 8.15. The maximum absolute atomic E-state index is 13.8. The van der Waals surface area contributed by atoms with Crippen molar-refractivity contribution in [3.8, 4) is 11.5 Å². The van der Waals surface area contributed by atoms with Gasteiger partial charge in [-0.15, -0.1) is 0 Å². The van der Waals surface area contributed by atoms with Gasteiger partial charge in [0, 0.05) is 19.7 Å². The van der Waals surface area contributed by atoms with Crippen LogP contribution in [-0.2, 0) is 25.4 Å². The van der Waals surface area contributed by atoms with Crippen molar-refractivity contribution in [2.24, 2.45) is 0 Å². The first-order chi connectivity index (χ1) is 17.2. The van der Waals surface area contributed by atoms with Gasteiger partial charge in [0.2, 0.25) is 5.91 Å². The molecule has 14 heteroatoms. The summed E-state index contributed by atoms with van der Waals surface area (Å²) in [6, 6.07) is 5.55. The molecule has 1 aromatic carbocycles. The molecule has 0 saturated heterocycles. The Morgan fingerprint density at radius 1 is 1.14 bits per heavy atom. The van der Waals surface area contributed by atoms with Gasteiger partial charge in [-0.05, 0) is 38.1 Å². The summed E-state index contributed by atoms with van der Waals surface area (Å²) < 4.78 is 37.5. The predicted molar refractivity (Wildman–Crippen MR) is 134 cm³/mol. The highest BCUT2D eigenvalue weighted by Gasteiger charge is 2.33. The first-order valence-electron chi connectivity index (χ1n) is 11.2. The van der Waals surface area contributed by atoms with E-state index in [1.807, 2.05) is 13.8 Å². The minimum absolute atomic E-state index is 0.0172. The summed E-state index contributed by atoms with van der Waals surface area (Å²) in [6.45, 7) is 4.18. The van der Waals surface area contributed by atoms with E-state index in [-0.39, 0.29) is 37.3 Å². The number of aromatic nitrogens is 4. The highest BCUT2D eigenvalue weighted by Crippen LogP contribution is 2.44. The average Bonchev–Trinajstić information content (AvgIpc) is 3.26. The van der Waals surface area contributed by atoms with Crippen LogP contribution in [0.15, 0.2) is 36.9 Å². The fraction of sp³-hybridized carbons (Fsp3) is 0.455. The van der Waals surface area contributed by atoms with Crippen LogP contribution in [0.3, 0.4) is 0 Å². The number of methoxy groups -OCH3 is 2. The average molecular weight is 522 g/mol. The Hall–Kier alpha value is -3.25. The number of carbonyl (C=O) groups excluding carboxylic acids is 1. The highest BCUT2D eigenvalue weighted by atomic mass is 31.2. The monoisotopic (exact) mass is 521 g/mol. The number of ether oxygens (including phenoxy) is 3. The molecule has 2 atom stereocenters. The molecule has 0 aliphatic rings. The molecule has 3 aromatic rings. The number of hydrogen-bond acceptors (Lipinski definition) is 10. The van der Waals surface area contributed by atoms with E-state index in [0.717, 1.165) is 0 Å². The summed E-state index contributed by atoms with van der Waals surface area (Å²) in [7, 11) is -0.737. The van der Waals surface area contributed by atoms with Gasteiger partial charge in [0.05, 0.1) is 26.7 Å². The molecular weight excluding hydrogens is 489 g/mol. The number of carbonyl (C=O) groups is 1. The zero-order valence-corrected chi connectivity index (χ0v) is 21.6. The molecule has 0 saturated carbocycles. The van der Waals surface area contributed by atoms with E-state index in [4.69, 9.17) is 24.5 Å². The van der Waals surface area contributed by atoms with Crippen molar-refractivity contribution >= 4 is 30.4 Å². The summed E-state index contributed by atoms with van der Waals surface area (Å²) in [5, 5.41) is 5.62. The third-order valence-electron chi connectivity index (χ3n) is 4.91. The van der Waals surface area contributed by atoms with Gasteiger partial charge in [-0.25, -0.2) is 20.0 Å². The topological polar surface area (TPSA) is 165 Å². The molecule has 13 nitrogen and oxygen atoms in total. The Balaban J connectivity index is 1.72. The number of nitrogens with two attached hydrogens (primary N) is 1. The lowest BCUT2D eigenvalue weighted by Crippen LogP contribution is -2.48. The van der Waals surface area contributed by atoms with Crippen LogP contribution in [0.5, 0.6) is 11.5 Å². The Bertz CT molecular complexity index is 1190. The summed E-state index contributed by atoms with van der Waals surface area (Å²) in [4.78, 5) is 25.0. The standard InChI is InChI=1S/C22H32N7O6P/c1-15(2)27-22(30)18(11-32-3)28-36(31,35-17-7-5-16(33-4)6-8-17)14-34-10-9-29-13-26-19-20(23)24-12-25-21(19)29/h5-8,12-13,15,18H,9-11,14H2,1-4H3,(H,27,30)(H,28,31)(H2,23,24,25). The van der Waals surface area contributed by atoms with Crippen LogP contribution >= 0.6 is 7.52 Å². The molecule has 0 spiro atoms. The number of amides is 1. The largest absolute Gasteiger partial charge is 0.497 e. The molecule has 0 fully saturated rings. The number of imidazole rings is 1. The van der Waals surface area contributed by atoms with Crippen molar-refractivity contribution < 1.29 is 28.1 Å². The zero-order valence-electron chi connectivity index (χ0n) is 20.7. The van der Waals surface area contributed by atoms with Gasteiger partial charge in [0.15, 0.2) is 11.5 Å². The number of nitrogens with zero attached hydrogens (tertiary/aromatic N) is 4. The van der Waals surface area contributed by atoms with Crippen LogP contribution in [0.4, 0.5) is 5.82 Å². The molecule has 2 aromatic heterocycles. The van der Waals surface area contributed by atoms with Crippen LogP contribution in [-0.4, -0.2) is 71.3 Å². The first kappa shape index (κ1) is 27.3. The number of nitrogens with one attached hydrogen (secondary N) is 2. The van der Waals surface area contributed by atoms with Gasteiger partial charge in [0.1, 0.15) is 35.7 Å². The number of benzene rings is 1. The van der Waals surface area contributed by atoms with Crippen molar-refractivity contribution in [1.29, 1.82) is 0 Å². The van der Waals surface area contributed by atoms with Crippen LogP contribution in [0.2, 0.25) is 0 Å². The number of fused-ring (bicyclic) bond motifs is 1. The van der Waals surface area contributed by atoms with Gasteiger partial charge in [-0.2, -0.15) is 0 Å². The van der Waals surface area contributed by atoms with Gasteiger partial charge < -0.3 is 34.4 Å². The van der Waals surface area contributed by atoms with Crippen molar-refractivity contribution in [3.05, 3.63) is 36.9 Å². The van der Waals surface area contributed by atoms with E-state index in [9.17, 15) is 9.36 Å². The summed E-state index contributed by atoms with van der Waals surface area (Å²) in [6.07, 6.45) is 2.63. The van der Waals surface area contributed by atoms with E-state index in [1.54, 1.807) is 42.3 Å². The minimum Gasteiger partial charge on any atom is -0.497 e. The molecular formula is C22H32N7O6P. The lowest BCUT2D eigenvalue weighted by Gasteiger charge is -2.26. The molecule has 1 amide bonds. The Labute approximate surface area is 209 Å². The smallest absolute Gasteiger partial charge is 0.342 e. The van der Waals surface area contributed by atoms with Crippen LogP contribution in [0.25, 0.3) is 11.2 Å². The highest BCUT2D eigenvalue weighted by molar-refractivity contribution is 7.57. The number of nitrogen functional groups attached to an aromatic ring is 1. The van der Waals surface area contributed by atoms with E-state index >= 15 is 0 Å². The quantitative estimate of drug-likeness (QED) is 0.209. The zero-order chi connectivity index (χ0) is 26.1. The Kier molecular flexibility index (Phi) is 9.59. The molecule has 0 aliphatic heterocycles. The third kappa shape index (κ3) is 7.37. The fourth-order valence-corrected chi connectivity index (χ4v) is 4.95. The van der Waals surface area contributed by atoms with E-state index in [1.165, 1.54) is 13.4 Å². The number of hydrogen-bond donors (Lipinski definition) is 3. The van der Waals surface area contributed by atoms with E-state index in [0.29, 0.717) is 29.2 Å². The van der Waals surface area contributed by atoms with E-state index in [2.05, 4.69) is 25.4 Å². The molecule has 196 valence electrons. The molecule has 0 bridgehead atoms. The molecule has 0 radical (unpaired) electrons. The van der Waals surface area contributed by atoms with Gasteiger partial charge >= 0.3 is 7.52 Å². The summed E-state index contributed by atoms with van der Waals surface area (Å²) in [5.74, 6) is 0.855. The SMILES string of the molecule is COCC(NP(=O)(COCCn1cnc2c(N)ncnc21)Oc1ccc(OC)cc1)C(=O)NC(C)C. The van der Waals surface area contributed by atoms with Crippen molar-refractivity contribution in [2.75, 3.05) is 39.5 Å². The van der Waals surface area contributed by atoms with Crippen molar-refractivity contribution in [2.45, 2.75) is 32.5 Å². The molecule has 3 rings (SSSR count). The summed E-state index contributed by atoms with van der Waals surface area (Å²) in [5.41, 5.74) is 6.88. The Morgan fingerprint density at radius 3 is 2.53 bits per heavy atom. The lowest BCUT2D eigenvalue weighted by atomic mass is 10.3. The first-order valence-corrected chi connectivity index (χ1v) is 13.0. The van der Waals surface area contributed by atoms with Gasteiger partial charge in [-0.3, -0.25) is 9.36 Å². The predicted octanol–water partition coefficient (Wildman–Crippen LogP) is 1.79. The second kappa shape index (κ2) is 12.6. The van der Waals surface area contributed by atoms with Crippen molar-refractivity contribution in [3.63, 3.8) is 0 Å². The van der Waals surface area contributed by atoms with Crippen LogP contribution in [0, 0.1) is 0 Å². The molecule has 0 aliphatic carbocycles. The van der Waals surface area contributed by atoms with Crippen molar-refractivity contribution in [1.82, 2.24) is 29.9 Å². The Morgan fingerprint density at radius 2 is 1.86 bits per heavy atom. The maximum Gasteiger partial charge on any atom is 0.342 e. The maximum atomic E-state index is 13.8. The lowest BCUT2D eigenvalue weighted by molar-refractivity contribution is -0.124. The summed E-state index contributed by atoms with van der Waals surface area (Å²) >= 11 is 0. The molecule has 4 N–H and O–H groups in total.